The van der Waals surface area contributed by atoms with E-state index in [0.717, 1.165) is 19.4 Å². The van der Waals surface area contributed by atoms with Gasteiger partial charge in [-0.05, 0) is 66.5 Å². The summed E-state index contributed by atoms with van der Waals surface area (Å²) in [6, 6.07) is 9.07. The molecule has 0 radical (unpaired) electrons. The van der Waals surface area contributed by atoms with E-state index in [2.05, 4.69) is 45.0 Å². The largest absolute Gasteiger partial charge is 0.396 e. The second kappa shape index (κ2) is 6.93. The minimum absolute atomic E-state index is 0.204. The van der Waals surface area contributed by atoms with Gasteiger partial charge in [-0.25, -0.2) is 0 Å². The lowest BCUT2D eigenvalue weighted by atomic mass is 9.73. The van der Waals surface area contributed by atoms with Gasteiger partial charge < -0.3 is 10.8 Å². The van der Waals surface area contributed by atoms with Crippen LogP contribution >= 0.6 is 0 Å². The van der Waals surface area contributed by atoms with Gasteiger partial charge in [0, 0.05) is 6.61 Å². The summed E-state index contributed by atoms with van der Waals surface area (Å²) < 4.78 is 0. The van der Waals surface area contributed by atoms with Gasteiger partial charge >= 0.3 is 0 Å². The van der Waals surface area contributed by atoms with Gasteiger partial charge in [0.1, 0.15) is 0 Å². The van der Waals surface area contributed by atoms with Crippen molar-refractivity contribution >= 4 is 0 Å². The lowest BCUT2D eigenvalue weighted by molar-refractivity contribution is 0.158. The molecule has 1 aromatic carbocycles. The summed E-state index contributed by atoms with van der Waals surface area (Å²) in [5, 5.41) is 9.27. The van der Waals surface area contributed by atoms with Crippen molar-refractivity contribution in [3.63, 3.8) is 0 Å². The predicted molar refractivity (Wildman–Crippen MR) is 89.5 cm³/mol. The lowest BCUT2D eigenvalue weighted by Gasteiger charge is -2.33. The first-order chi connectivity index (χ1) is 9.95. The molecule has 0 saturated heterocycles. The smallest absolute Gasteiger partial charge is 0.0459 e. The first-order valence-electron chi connectivity index (χ1n) is 8.37. The van der Waals surface area contributed by atoms with Crippen LogP contribution < -0.4 is 5.73 Å². The Morgan fingerprint density at radius 1 is 1.10 bits per heavy atom. The maximum Gasteiger partial charge on any atom is 0.0459 e. The fourth-order valence-corrected chi connectivity index (χ4v) is 3.60. The Kier molecular flexibility index (Phi) is 5.45. The monoisotopic (exact) mass is 289 g/mol. The number of rotatable bonds is 4. The van der Waals surface area contributed by atoms with E-state index in [0.29, 0.717) is 24.4 Å². The van der Waals surface area contributed by atoms with Crippen molar-refractivity contribution < 1.29 is 5.11 Å². The number of hydrogen-bond acceptors (Lipinski definition) is 2. The van der Waals surface area contributed by atoms with Crippen LogP contribution in [0.3, 0.4) is 0 Å². The van der Waals surface area contributed by atoms with Crippen LogP contribution in [0.25, 0.3) is 0 Å². The average molecular weight is 289 g/mol. The third-order valence-electron chi connectivity index (χ3n) is 5.18. The molecule has 0 spiro atoms. The van der Waals surface area contributed by atoms with E-state index in [9.17, 15) is 5.11 Å². The summed E-state index contributed by atoms with van der Waals surface area (Å²) in [6.45, 7) is 7.82. The molecule has 0 bridgehead atoms. The van der Waals surface area contributed by atoms with Gasteiger partial charge in [-0.3, -0.25) is 0 Å². The molecule has 1 saturated carbocycles. The molecule has 0 heterocycles. The number of nitrogens with two attached hydrogens (primary N) is 1. The van der Waals surface area contributed by atoms with Gasteiger partial charge in [0.15, 0.2) is 0 Å². The summed E-state index contributed by atoms with van der Waals surface area (Å²) in [6.07, 6.45) is 4.71. The van der Waals surface area contributed by atoms with Crippen molar-refractivity contribution in [1.29, 1.82) is 0 Å². The van der Waals surface area contributed by atoms with Crippen LogP contribution in [-0.2, 0) is 5.41 Å². The van der Waals surface area contributed by atoms with Crippen molar-refractivity contribution in [2.24, 2.45) is 17.6 Å². The van der Waals surface area contributed by atoms with Crippen LogP contribution in [0.15, 0.2) is 24.3 Å². The molecule has 3 N–H and O–H groups in total. The first kappa shape index (κ1) is 16.5. The van der Waals surface area contributed by atoms with E-state index in [1.165, 1.54) is 24.0 Å². The van der Waals surface area contributed by atoms with Crippen molar-refractivity contribution in [3.8, 4) is 0 Å². The lowest BCUT2D eigenvalue weighted by Crippen LogP contribution is -2.27. The SMILES string of the molecule is CC(C)(C)c1ccc(C(CN)C2CCC(CO)CC2)cc1. The van der Waals surface area contributed by atoms with E-state index in [-0.39, 0.29) is 5.41 Å². The highest BCUT2D eigenvalue weighted by Gasteiger charge is 2.27. The maximum absolute atomic E-state index is 9.27. The third kappa shape index (κ3) is 4.08. The number of hydrogen-bond donors (Lipinski definition) is 2. The quantitative estimate of drug-likeness (QED) is 0.885. The zero-order valence-corrected chi connectivity index (χ0v) is 13.8. The predicted octanol–water partition coefficient (Wildman–Crippen LogP) is 3.83. The summed E-state index contributed by atoms with van der Waals surface area (Å²) in [5.74, 6) is 1.67. The van der Waals surface area contributed by atoms with Crippen LogP contribution in [-0.4, -0.2) is 18.3 Å². The number of aliphatic hydroxyl groups excluding tert-OH is 1. The fourth-order valence-electron chi connectivity index (χ4n) is 3.60. The molecular formula is C19H31NO. The van der Waals surface area contributed by atoms with E-state index in [4.69, 9.17) is 5.73 Å². The Balaban J connectivity index is 2.07. The molecular weight excluding hydrogens is 258 g/mol. The molecule has 2 rings (SSSR count). The van der Waals surface area contributed by atoms with Crippen molar-refractivity contribution in [2.45, 2.75) is 57.8 Å². The van der Waals surface area contributed by atoms with Crippen LogP contribution in [0.2, 0.25) is 0 Å². The van der Waals surface area contributed by atoms with Crippen LogP contribution in [0, 0.1) is 11.8 Å². The highest BCUT2D eigenvalue weighted by Crippen LogP contribution is 2.38. The normalized spacial score (nSPS) is 24.8. The standard InChI is InChI=1S/C19H31NO/c1-19(2,3)17-10-8-16(9-11-17)18(12-20)15-6-4-14(13-21)5-7-15/h8-11,14-15,18,21H,4-7,12-13,20H2,1-3H3. The van der Waals surface area contributed by atoms with Gasteiger partial charge in [-0.2, -0.15) is 0 Å². The second-order valence-electron chi connectivity index (χ2n) is 7.68. The second-order valence-corrected chi connectivity index (χ2v) is 7.68. The average Bonchev–Trinajstić information content (AvgIpc) is 2.48. The molecule has 1 unspecified atom stereocenters. The molecule has 1 aliphatic rings. The van der Waals surface area contributed by atoms with Crippen molar-refractivity contribution in [3.05, 3.63) is 35.4 Å². The van der Waals surface area contributed by atoms with Crippen molar-refractivity contribution in [1.82, 2.24) is 0 Å². The number of aliphatic hydroxyl groups is 1. The van der Waals surface area contributed by atoms with E-state index in [1.807, 2.05) is 0 Å². The van der Waals surface area contributed by atoms with Crippen LogP contribution in [0.4, 0.5) is 0 Å². The molecule has 2 heteroatoms. The summed E-state index contributed by atoms with van der Waals surface area (Å²) in [4.78, 5) is 0. The van der Waals surface area contributed by atoms with Gasteiger partial charge in [0.2, 0.25) is 0 Å². The molecule has 0 aliphatic heterocycles. The highest BCUT2D eigenvalue weighted by atomic mass is 16.3. The first-order valence-corrected chi connectivity index (χ1v) is 8.37. The van der Waals surface area contributed by atoms with Gasteiger partial charge in [-0.1, -0.05) is 45.0 Å². The molecule has 21 heavy (non-hydrogen) atoms. The van der Waals surface area contributed by atoms with Crippen molar-refractivity contribution in [2.75, 3.05) is 13.2 Å². The minimum atomic E-state index is 0.204. The molecule has 0 aromatic heterocycles. The molecule has 1 aromatic rings. The van der Waals surface area contributed by atoms with E-state index < -0.39 is 0 Å². The molecule has 118 valence electrons. The zero-order valence-electron chi connectivity index (χ0n) is 13.8. The Bertz CT molecular complexity index is 424. The molecule has 1 fully saturated rings. The summed E-state index contributed by atoms with van der Waals surface area (Å²) in [7, 11) is 0. The van der Waals surface area contributed by atoms with Gasteiger partial charge in [0.25, 0.3) is 0 Å². The highest BCUT2D eigenvalue weighted by molar-refractivity contribution is 5.30. The Morgan fingerprint density at radius 2 is 1.67 bits per heavy atom. The minimum Gasteiger partial charge on any atom is -0.396 e. The topological polar surface area (TPSA) is 46.2 Å². The zero-order chi connectivity index (χ0) is 15.5. The Hall–Kier alpha value is -0.860. The van der Waals surface area contributed by atoms with Crippen LogP contribution in [0.5, 0.6) is 0 Å². The Labute approximate surface area is 129 Å². The number of benzene rings is 1. The summed E-state index contributed by atoms with van der Waals surface area (Å²) in [5.41, 5.74) is 9.05. The van der Waals surface area contributed by atoms with Crippen LogP contribution in [0.1, 0.15) is 63.5 Å². The molecule has 1 atom stereocenters. The molecule has 0 amide bonds. The summed E-state index contributed by atoms with van der Waals surface area (Å²) >= 11 is 0. The Morgan fingerprint density at radius 3 is 2.10 bits per heavy atom. The van der Waals surface area contributed by atoms with E-state index in [1.54, 1.807) is 0 Å². The van der Waals surface area contributed by atoms with Gasteiger partial charge in [-0.15, -0.1) is 0 Å². The van der Waals surface area contributed by atoms with Gasteiger partial charge in [0.05, 0.1) is 0 Å². The third-order valence-corrected chi connectivity index (χ3v) is 5.18. The van der Waals surface area contributed by atoms with E-state index >= 15 is 0 Å². The molecule has 1 aliphatic carbocycles. The maximum atomic E-state index is 9.27. The molecule has 2 nitrogen and oxygen atoms in total. The fraction of sp³-hybridized carbons (Fsp3) is 0.684.